The summed E-state index contributed by atoms with van der Waals surface area (Å²) in [5.74, 6) is 0.0400. The number of hydrogen-bond donors (Lipinski definition) is 1. The van der Waals surface area contributed by atoms with Crippen LogP contribution in [0.2, 0.25) is 0 Å². The first-order valence-corrected chi connectivity index (χ1v) is 6.49. The van der Waals surface area contributed by atoms with Crippen molar-refractivity contribution < 1.29 is 4.79 Å². The molecule has 0 saturated carbocycles. The number of ketones is 1. The first-order chi connectivity index (χ1) is 9.84. The summed E-state index contributed by atoms with van der Waals surface area (Å²) in [4.78, 5) is 16.5. The molecule has 0 unspecified atom stereocenters. The van der Waals surface area contributed by atoms with Gasteiger partial charge in [0.05, 0.1) is 6.54 Å². The Kier molecular flexibility index (Phi) is 3.42. The van der Waals surface area contributed by atoms with Gasteiger partial charge in [-0.25, -0.2) is 0 Å². The highest BCUT2D eigenvalue weighted by atomic mass is 16.1. The summed E-state index contributed by atoms with van der Waals surface area (Å²) in [5, 5.41) is 5.06. The van der Waals surface area contributed by atoms with Gasteiger partial charge < -0.3 is 5.32 Å². The fourth-order valence-electron chi connectivity index (χ4n) is 2.17. The summed E-state index contributed by atoms with van der Waals surface area (Å²) in [6.45, 7) is 0.264. The summed E-state index contributed by atoms with van der Waals surface area (Å²) >= 11 is 0. The van der Waals surface area contributed by atoms with Gasteiger partial charge in [-0.05, 0) is 17.5 Å². The van der Waals surface area contributed by atoms with Crippen LogP contribution in [0, 0.1) is 0 Å². The third kappa shape index (κ3) is 2.52. The van der Waals surface area contributed by atoms with Crippen LogP contribution in [0.3, 0.4) is 0 Å². The van der Waals surface area contributed by atoms with E-state index in [2.05, 4.69) is 10.3 Å². The normalized spacial score (nSPS) is 10.4. The van der Waals surface area contributed by atoms with E-state index in [9.17, 15) is 4.79 Å². The second-order valence-electron chi connectivity index (χ2n) is 4.55. The number of benzene rings is 2. The van der Waals surface area contributed by atoms with Crippen LogP contribution in [0.25, 0.3) is 10.8 Å². The van der Waals surface area contributed by atoms with Crippen LogP contribution in [0.4, 0.5) is 5.69 Å². The molecule has 0 saturated heterocycles. The van der Waals surface area contributed by atoms with Gasteiger partial charge in [0.15, 0.2) is 5.78 Å². The zero-order valence-electron chi connectivity index (χ0n) is 10.9. The number of aromatic nitrogens is 1. The maximum absolute atomic E-state index is 12.3. The average molecular weight is 262 g/mol. The molecule has 1 aromatic heterocycles. The number of Topliss-reactive ketones (excluding diaryl/α,β-unsaturated/α-hetero) is 1. The quantitative estimate of drug-likeness (QED) is 0.731. The third-order valence-corrected chi connectivity index (χ3v) is 3.20. The van der Waals surface area contributed by atoms with E-state index in [-0.39, 0.29) is 12.3 Å². The molecular weight excluding hydrogens is 248 g/mol. The van der Waals surface area contributed by atoms with Crippen LogP contribution in [0.1, 0.15) is 10.4 Å². The van der Waals surface area contributed by atoms with E-state index in [1.54, 1.807) is 12.4 Å². The molecule has 3 aromatic rings. The fourth-order valence-corrected chi connectivity index (χ4v) is 2.17. The van der Waals surface area contributed by atoms with Crippen LogP contribution in [0.15, 0.2) is 67.0 Å². The van der Waals surface area contributed by atoms with Gasteiger partial charge in [0.2, 0.25) is 0 Å². The van der Waals surface area contributed by atoms with E-state index < -0.39 is 0 Å². The topological polar surface area (TPSA) is 42.0 Å². The lowest BCUT2D eigenvalue weighted by molar-refractivity contribution is 0.101. The maximum atomic E-state index is 12.3. The van der Waals surface area contributed by atoms with Gasteiger partial charge in [0.1, 0.15) is 0 Å². The number of anilines is 1. The molecule has 0 fully saturated rings. The molecular formula is C17H14N2O. The monoisotopic (exact) mass is 262 g/mol. The largest absolute Gasteiger partial charge is 0.378 e. The molecule has 0 aliphatic rings. The minimum absolute atomic E-state index is 0.0400. The van der Waals surface area contributed by atoms with Gasteiger partial charge in [-0.2, -0.15) is 0 Å². The van der Waals surface area contributed by atoms with Crippen LogP contribution >= 0.6 is 0 Å². The van der Waals surface area contributed by atoms with Gasteiger partial charge in [-0.1, -0.05) is 42.5 Å². The van der Waals surface area contributed by atoms with Gasteiger partial charge in [0.25, 0.3) is 0 Å². The SMILES string of the molecule is O=C(CNc1ccccc1)c1cncc2ccccc12. The number of nitrogens with one attached hydrogen (secondary N) is 1. The van der Waals surface area contributed by atoms with Crippen molar-refractivity contribution in [2.24, 2.45) is 0 Å². The maximum Gasteiger partial charge on any atom is 0.184 e. The van der Waals surface area contributed by atoms with Crippen molar-refractivity contribution in [1.29, 1.82) is 0 Å². The van der Waals surface area contributed by atoms with Gasteiger partial charge in [-0.15, -0.1) is 0 Å². The highest BCUT2D eigenvalue weighted by Crippen LogP contribution is 2.17. The zero-order valence-corrected chi connectivity index (χ0v) is 10.9. The number of pyridine rings is 1. The van der Waals surface area contributed by atoms with Crippen molar-refractivity contribution in [3.63, 3.8) is 0 Å². The van der Waals surface area contributed by atoms with E-state index in [0.717, 1.165) is 16.5 Å². The number of nitrogens with zero attached hydrogens (tertiary/aromatic N) is 1. The molecule has 98 valence electrons. The van der Waals surface area contributed by atoms with Crippen LogP contribution in [0.5, 0.6) is 0 Å². The Morgan fingerprint density at radius 3 is 2.55 bits per heavy atom. The second kappa shape index (κ2) is 5.53. The molecule has 0 radical (unpaired) electrons. The summed E-state index contributed by atoms with van der Waals surface area (Å²) < 4.78 is 0. The number of rotatable bonds is 4. The Morgan fingerprint density at radius 2 is 1.70 bits per heavy atom. The van der Waals surface area contributed by atoms with E-state index in [1.807, 2.05) is 54.6 Å². The predicted molar refractivity (Wildman–Crippen MR) is 81.0 cm³/mol. The van der Waals surface area contributed by atoms with Gasteiger partial charge in [-0.3, -0.25) is 9.78 Å². The minimum Gasteiger partial charge on any atom is -0.378 e. The predicted octanol–water partition coefficient (Wildman–Crippen LogP) is 3.53. The van der Waals surface area contributed by atoms with Crippen LogP contribution < -0.4 is 5.32 Å². The average Bonchev–Trinajstić information content (AvgIpc) is 2.53. The van der Waals surface area contributed by atoms with Gasteiger partial charge in [0, 0.05) is 29.0 Å². The lowest BCUT2D eigenvalue weighted by Crippen LogP contribution is -2.14. The molecule has 0 amide bonds. The molecule has 2 aromatic carbocycles. The highest BCUT2D eigenvalue weighted by Gasteiger charge is 2.09. The Morgan fingerprint density at radius 1 is 0.950 bits per heavy atom. The third-order valence-electron chi connectivity index (χ3n) is 3.20. The van der Waals surface area contributed by atoms with Crippen molar-refractivity contribution in [1.82, 2.24) is 4.98 Å². The van der Waals surface area contributed by atoms with Crippen molar-refractivity contribution in [2.45, 2.75) is 0 Å². The summed E-state index contributed by atoms with van der Waals surface area (Å²) in [6.07, 6.45) is 3.41. The molecule has 0 aliphatic carbocycles. The number of para-hydroxylation sites is 1. The number of fused-ring (bicyclic) bond motifs is 1. The Balaban J connectivity index is 1.82. The number of carbonyl (C=O) groups excluding carboxylic acids is 1. The van der Waals surface area contributed by atoms with Crippen molar-refractivity contribution in [2.75, 3.05) is 11.9 Å². The number of carbonyl (C=O) groups is 1. The van der Waals surface area contributed by atoms with Crippen molar-refractivity contribution in [3.8, 4) is 0 Å². The number of hydrogen-bond acceptors (Lipinski definition) is 3. The molecule has 0 bridgehead atoms. The molecule has 3 heteroatoms. The molecule has 20 heavy (non-hydrogen) atoms. The molecule has 1 heterocycles. The lowest BCUT2D eigenvalue weighted by atomic mass is 10.0. The second-order valence-corrected chi connectivity index (χ2v) is 4.55. The molecule has 3 nitrogen and oxygen atoms in total. The van der Waals surface area contributed by atoms with Gasteiger partial charge >= 0.3 is 0 Å². The van der Waals surface area contributed by atoms with Crippen LogP contribution in [-0.2, 0) is 0 Å². The summed E-state index contributed by atoms with van der Waals surface area (Å²) in [7, 11) is 0. The van der Waals surface area contributed by atoms with Crippen LogP contribution in [-0.4, -0.2) is 17.3 Å². The first kappa shape index (κ1) is 12.4. The van der Waals surface area contributed by atoms with Crippen molar-refractivity contribution >= 4 is 22.2 Å². The Bertz CT molecular complexity index is 733. The highest BCUT2D eigenvalue weighted by molar-refractivity contribution is 6.09. The van der Waals surface area contributed by atoms with Crippen molar-refractivity contribution in [3.05, 3.63) is 72.6 Å². The summed E-state index contributed by atoms with van der Waals surface area (Å²) in [6, 6.07) is 17.5. The molecule has 0 atom stereocenters. The zero-order chi connectivity index (χ0) is 13.8. The molecule has 1 N–H and O–H groups in total. The summed E-state index contributed by atoms with van der Waals surface area (Å²) in [5.41, 5.74) is 1.60. The first-order valence-electron chi connectivity index (χ1n) is 6.49. The lowest BCUT2D eigenvalue weighted by Gasteiger charge is -2.07. The van der Waals surface area contributed by atoms with E-state index in [1.165, 1.54) is 0 Å². The smallest absolute Gasteiger partial charge is 0.184 e. The van der Waals surface area contributed by atoms with E-state index in [0.29, 0.717) is 5.56 Å². The molecule has 3 rings (SSSR count). The molecule has 0 spiro atoms. The van der Waals surface area contributed by atoms with E-state index in [4.69, 9.17) is 0 Å². The fraction of sp³-hybridized carbons (Fsp3) is 0.0588. The Labute approximate surface area is 117 Å². The standard InChI is InChI=1S/C17H14N2O/c20-17(12-19-14-7-2-1-3-8-14)16-11-18-10-13-6-4-5-9-15(13)16/h1-11,19H,12H2. The van der Waals surface area contributed by atoms with E-state index >= 15 is 0 Å². The molecule has 0 aliphatic heterocycles. The minimum atomic E-state index is 0.0400. The Hall–Kier alpha value is -2.68.